The summed E-state index contributed by atoms with van der Waals surface area (Å²) in [5.74, 6) is -2.86. The van der Waals surface area contributed by atoms with Gasteiger partial charge in [0.05, 0.1) is 5.02 Å². The molecule has 0 radical (unpaired) electrons. The number of nitrogen functional groups attached to an aromatic ring is 1. The van der Waals surface area contributed by atoms with Crippen LogP contribution in [-0.2, 0) is 0 Å². The highest BCUT2D eigenvalue weighted by Crippen LogP contribution is 2.26. The second-order valence-electron chi connectivity index (χ2n) is 3.81. The molecule has 2 N–H and O–H groups in total. The highest BCUT2D eigenvalue weighted by Gasteiger charge is 2.18. The molecule has 2 aromatic rings. The predicted molar refractivity (Wildman–Crippen MR) is 70.7 cm³/mol. The summed E-state index contributed by atoms with van der Waals surface area (Å²) in [4.78, 5) is 12.2. The zero-order valence-corrected chi connectivity index (χ0v) is 10.9. The summed E-state index contributed by atoms with van der Waals surface area (Å²) in [7, 11) is 0. The van der Waals surface area contributed by atoms with Crippen molar-refractivity contribution in [2.75, 3.05) is 5.73 Å². The fraction of sp³-hybridized carbons (Fsp3) is 0. The number of anilines is 1. The van der Waals surface area contributed by atoms with Gasteiger partial charge in [0.25, 0.3) is 0 Å². The van der Waals surface area contributed by atoms with Gasteiger partial charge in [-0.15, -0.1) is 0 Å². The Hall–Kier alpha value is -1.65. The smallest absolute Gasteiger partial charge is 0.196 e. The molecule has 0 amide bonds. The quantitative estimate of drug-likeness (QED) is 0.671. The minimum absolute atomic E-state index is 0.113. The molecule has 0 aliphatic heterocycles. The van der Waals surface area contributed by atoms with Crippen LogP contribution in [0.4, 0.5) is 14.5 Å². The van der Waals surface area contributed by atoms with Gasteiger partial charge in [0, 0.05) is 27.9 Å². The van der Waals surface area contributed by atoms with Crippen molar-refractivity contribution in [1.82, 2.24) is 0 Å². The molecule has 0 spiro atoms. The van der Waals surface area contributed by atoms with Gasteiger partial charge in [-0.2, -0.15) is 0 Å². The van der Waals surface area contributed by atoms with Crippen molar-refractivity contribution >= 4 is 34.7 Å². The van der Waals surface area contributed by atoms with E-state index in [1.165, 1.54) is 18.2 Å². The van der Waals surface area contributed by atoms with Crippen molar-refractivity contribution < 1.29 is 13.6 Å². The van der Waals surface area contributed by atoms with Gasteiger partial charge in [0.1, 0.15) is 0 Å². The van der Waals surface area contributed by atoms with E-state index in [2.05, 4.69) is 0 Å². The van der Waals surface area contributed by atoms with Crippen LogP contribution in [0, 0.1) is 11.6 Å². The summed E-state index contributed by atoms with van der Waals surface area (Å²) >= 11 is 11.6. The summed E-state index contributed by atoms with van der Waals surface area (Å²) in [6, 6.07) is 5.75. The Bertz CT molecular complexity index is 674. The van der Waals surface area contributed by atoms with E-state index in [1.54, 1.807) is 0 Å². The van der Waals surface area contributed by atoms with E-state index < -0.39 is 17.4 Å². The predicted octanol–water partition coefficient (Wildman–Crippen LogP) is 4.08. The lowest BCUT2D eigenvalue weighted by Gasteiger charge is -2.07. The van der Waals surface area contributed by atoms with Gasteiger partial charge in [-0.1, -0.05) is 23.2 Å². The lowest BCUT2D eigenvalue weighted by atomic mass is 10.0. The molecule has 0 saturated heterocycles. The van der Waals surface area contributed by atoms with Crippen LogP contribution < -0.4 is 5.73 Å². The van der Waals surface area contributed by atoms with E-state index in [-0.39, 0.29) is 21.8 Å². The third-order valence-electron chi connectivity index (χ3n) is 2.51. The molecule has 0 aromatic heterocycles. The maximum absolute atomic E-state index is 13.2. The molecule has 6 heteroatoms. The summed E-state index contributed by atoms with van der Waals surface area (Å²) in [5.41, 5.74) is 5.32. The van der Waals surface area contributed by atoms with Crippen molar-refractivity contribution in [3.8, 4) is 0 Å². The first-order valence-corrected chi connectivity index (χ1v) is 5.90. The maximum atomic E-state index is 13.2. The molecule has 0 saturated carbocycles. The SMILES string of the molecule is Nc1cc(F)c(F)cc1C(=O)c1ccc(Cl)cc1Cl. The van der Waals surface area contributed by atoms with Gasteiger partial charge < -0.3 is 5.73 Å². The van der Waals surface area contributed by atoms with Crippen LogP contribution in [0.15, 0.2) is 30.3 Å². The number of ketones is 1. The van der Waals surface area contributed by atoms with Crippen LogP contribution in [0.3, 0.4) is 0 Å². The van der Waals surface area contributed by atoms with Gasteiger partial charge in [-0.25, -0.2) is 8.78 Å². The Morgan fingerprint density at radius 3 is 2.26 bits per heavy atom. The van der Waals surface area contributed by atoms with Gasteiger partial charge in [0.2, 0.25) is 0 Å². The highest BCUT2D eigenvalue weighted by molar-refractivity contribution is 6.37. The second-order valence-corrected chi connectivity index (χ2v) is 4.65. The number of carbonyl (C=O) groups is 1. The van der Waals surface area contributed by atoms with Gasteiger partial charge in [-0.05, 0) is 24.3 Å². The number of hydrogen-bond donors (Lipinski definition) is 1. The van der Waals surface area contributed by atoms with Gasteiger partial charge >= 0.3 is 0 Å². The molecule has 98 valence electrons. The van der Waals surface area contributed by atoms with Crippen LogP contribution in [0.1, 0.15) is 15.9 Å². The van der Waals surface area contributed by atoms with Crippen molar-refractivity contribution in [3.05, 3.63) is 63.1 Å². The van der Waals surface area contributed by atoms with Crippen molar-refractivity contribution in [2.45, 2.75) is 0 Å². The molecular formula is C13H7Cl2F2NO. The van der Waals surface area contributed by atoms with Crippen molar-refractivity contribution in [3.63, 3.8) is 0 Å². The Morgan fingerprint density at radius 2 is 1.63 bits per heavy atom. The molecule has 0 bridgehead atoms. The zero-order valence-electron chi connectivity index (χ0n) is 9.38. The molecular weight excluding hydrogens is 295 g/mol. The van der Waals surface area contributed by atoms with Crippen molar-refractivity contribution in [1.29, 1.82) is 0 Å². The topological polar surface area (TPSA) is 43.1 Å². The Balaban J connectivity index is 2.53. The number of rotatable bonds is 2. The van der Waals surface area contributed by atoms with E-state index in [4.69, 9.17) is 28.9 Å². The maximum Gasteiger partial charge on any atom is 0.196 e. The Morgan fingerprint density at radius 1 is 1.00 bits per heavy atom. The molecule has 2 aromatic carbocycles. The normalized spacial score (nSPS) is 10.5. The number of benzene rings is 2. The Labute approximate surface area is 117 Å². The minimum atomic E-state index is -1.15. The molecule has 0 atom stereocenters. The number of carbonyl (C=O) groups excluding carboxylic acids is 1. The minimum Gasteiger partial charge on any atom is -0.398 e. The number of halogens is 4. The van der Waals surface area contributed by atoms with E-state index in [9.17, 15) is 13.6 Å². The van der Waals surface area contributed by atoms with E-state index in [0.29, 0.717) is 5.02 Å². The molecule has 0 aliphatic carbocycles. The molecule has 19 heavy (non-hydrogen) atoms. The zero-order chi connectivity index (χ0) is 14.2. The standard InChI is InChI=1S/C13H7Cl2F2NO/c14-6-1-2-7(9(15)3-6)13(19)8-4-10(16)11(17)5-12(8)18/h1-5H,18H2. The molecule has 2 rings (SSSR count). The fourth-order valence-electron chi connectivity index (χ4n) is 1.58. The summed E-state index contributed by atoms with van der Waals surface area (Å²) < 4.78 is 26.1. The van der Waals surface area contributed by atoms with E-state index in [1.807, 2.05) is 0 Å². The first-order chi connectivity index (χ1) is 8.90. The summed E-state index contributed by atoms with van der Waals surface area (Å²) in [6.45, 7) is 0. The first-order valence-electron chi connectivity index (χ1n) is 5.14. The summed E-state index contributed by atoms with van der Waals surface area (Å²) in [6.07, 6.45) is 0. The van der Waals surface area contributed by atoms with Crippen LogP contribution in [0.5, 0.6) is 0 Å². The van der Waals surface area contributed by atoms with E-state index in [0.717, 1.165) is 12.1 Å². The molecule has 0 heterocycles. The first kappa shape index (κ1) is 13.8. The highest BCUT2D eigenvalue weighted by atomic mass is 35.5. The van der Waals surface area contributed by atoms with Crippen LogP contribution in [0.25, 0.3) is 0 Å². The molecule has 0 unspecified atom stereocenters. The van der Waals surface area contributed by atoms with Crippen LogP contribution in [0.2, 0.25) is 10.0 Å². The van der Waals surface area contributed by atoms with Crippen LogP contribution in [-0.4, -0.2) is 5.78 Å². The lowest BCUT2D eigenvalue weighted by Crippen LogP contribution is -2.07. The fourth-order valence-corrected chi connectivity index (χ4v) is 2.07. The Kier molecular flexibility index (Phi) is 3.73. The summed E-state index contributed by atoms with van der Waals surface area (Å²) in [5, 5.41) is 0.474. The average molecular weight is 302 g/mol. The average Bonchev–Trinajstić information content (AvgIpc) is 2.33. The molecule has 0 fully saturated rings. The van der Waals surface area contributed by atoms with Crippen LogP contribution >= 0.6 is 23.2 Å². The third-order valence-corrected chi connectivity index (χ3v) is 3.06. The van der Waals surface area contributed by atoms with E-state index >= 15 is 0 Å². The van der Waals surface area contributed by atoms with Gasteiger partial charge in [0.15, 0.2) is 17.4 Å². The largest absolute Gasteiger partial charge is 0.398 e. The molecule has 0 aliphatic rings. The second kappa shape index (κ2) is 5.15. The third kappa shape index (κ3) is 2.69. The molecule has 2 nitrogen and oxygen atoms in total. The monoisotopic (exact) mass is 301 g/mol. The number of hydrogen-bond acceptors (Lipinski definition) is 2. The number of nitrogens with two attached hydrogens (primary N) is 1. The van der Waals surface area contributed by atoms with Crippen molar-refractivity contribution in [2.24, 2.45) is 0 Å². The van der Waals surface area contributed by atoms with Gasteiger partial charge in [-0.3, -0.25) is 4.79 Å². The lowest BCUT2D eigenvalue weighted by molar-refractivity contribution is 0.103.